The molecule has 2 rings (SSSR count). The van der Waals surface area contributed by atoms with Crippen molar-refractivity contribution in [2.24, 2.45) is 0 Å². The van der Waals surface area contributed by atoms with Gasteiger partial charge in [0.1, 0.15) is 5.75 Å². The molecule has 0 aliphatic rings. The quantitative estimate of drug-likeness (QED) is 0.877. The second-order valence-electron chi connectivity index (χ2n) is 4.26. The lowest BCUT2D eigenvalue weighted by Crippen LogP contribution is -2.15. The molecule has 2 aromatic rings. The molecular formula is C15H17NO2. The van der Waals surface area contributed by atoms with E-state index in [9.17, 15) is 5.11 Å². The molecule has 94 valence electrons. The normalized spacial score (nSPS) is 12.1. The van der Waals surface area contributed by atoms with Crippen LogP contribution in [0.3, 0.4) is 0 Å². The number of ether oxygens (including phenoxy) is 1. The number of aryl methyl sites for hydroxylation is 1. The fourth-order valence-electron chi connectivity index (χ4n) is 1.68. The highest BCUT2D eigenvalue weighted by Crippen LogP contribution is 2.16. The van der Waals surface area contributed by atoms with Crippen LogP contribution in [0.25, 0.3) is 0 Å². The van der Waals surface area contributed by atoms with Crippen molar-refractivity contribution in [1.82, 2.24) is 4.98 Å². The van der Waals surface area contributed by atoms with E-state index in [1.807, 2.05) is 49.4 Å². The molecule has 1 aromatic heterocycles. The van der Waals surface area contributed by atoms with Crippen LogP contribution in [0, 0.1) is 6.92 Å². The zero-order valence-corrected chi connectivity index (χ0v) is 10.4. The van der Waals surface area contributed by atoms with Crippen LogP contribution in [0.2, 0.25) is 0 Å². The van der Waals surface area contributed by atoms with Crippen LogP contribution in [0.5, 0.6) is 5.75 Å². The first kappa shape index (κ1) is 12.6. The summed E-state index contributed by atoms with van der Waals surface area (Å²) in [5.74, 6) is 0.725. The van der Waals surface area contributed by atoms with Crippen molar-refractivity contribution in [1.29, 1.82) is 0 Å². The van der Waals surface area contributed by atoms with Gasteiger partial charge in [-0.3, -0.25) is 4.98 Å². The Morgan fingerprint density at radius 3 is 2.56 bits per heavy atom. The van der Waals surface area contributed by atoms with Crippen molar-refractivity contribution in [3.05, 3.63) is 59.9 Å². The summed E-state index contributed by atoms with van der Waals surface area (Å²) >= 11 is 0. The van der Waals surface area contributed by atoms with Gasteiger partial charge in [0.15, 0.2) is 0 Å². The molecule has 0 spiro atoms. The summed E-state index contributed by atoms with van der Waals surface area (Å²) in [6, 6.07) is 13.5. The Labute approximate surface area is 107 Å². The molecule has 1 heterocycles. The van der Waals surface area contributed by atoms with Crippen LogP contribution in [-0.2, 0) is 0 Å². The number of pyridine rings is 1. The molecule has 1 aromatic carbocycles. The van der Waals surface area contributed by atoms with Gasteiger partial charge < -0.3 is 9.84 Å². The maximum absolute atomic E-state index is 9.38. The number of nitrogens with zero attached hydrogens (tertiary/aromatic N) is 1. The minimum Gasteiger partial charge on any atom is -0.493 e. The lowest BCUT2D eigenvalue weighted by molar-refractivity contribution is 0.203. The summed E-state index contributed by atoms with van der Waals surface area (Å²) in [6.45, 7) is 2.49. The van der Waals surface area contributed by atoms with Crippen molar-refractivity contribution in [3.8, 4) is 5.75 Å². The predicted octanol–water partition coefficient (Wildman–Crippen LogP) is 2.54. The number of hydrogen-bond acceptors (Lipinski definition) is 3. The van der Waals surface area contributed by atoms with Crippen LogP contribution < -0.4 is 4.74 Å². The molecule has 3 heteroatoms. The van der Waals surface area contributed by atoms with Crippen molar-refractivity contribution < 1.29 is 9.84 Å². The smallest absolute Gasteiger partial charge is 0.119 e. The lowest BCUT2D eigenvalue weighted by atomic mass is 10.1. The molecule has 1 unspecified atom stereocenters. The number of aliphatic hydroxyl groups excluding tert-OH is 1. The Hall–Kier alpha value is -1.87. The molecular weight excluding hydrogens is 226 g/mol. The van der Waals surface area contributed by atoms with Gasteiger partial charge in [0.05, 0.1) is 19.1 Å². The monoisotopic (exact) mass is 243 g/mol. The van der Waals surface area contributed by atoms with Crippen LogP contribution in [0.15, 0.2) is 48.7 Å². The molecule has 0 saturated carbocycles. The highest BCUT2D eigenvalue weighted by atomic mass is 16.5. The third-order valence-corrected chi connectivity index (χ3v) is 2.80. The summed E-state index contributed by atoms with van der Waals surface area (Å²) in [4.78, 5) is 4.24. The summed E-state index contributed by atoms with van der Waals surface area (Å²) in [5, 5.41) is 9.38. The Morgan fingerprint density at radius 1 is 1.17 bits per heavy atom. The van der Waals surface area contributed by atoms with Gasteiger partial charge in [0.25, 0.3) is 0 Å². The lowest BCUT2D eigenvalue weighted by Gasteiger charge is -2.14. The zero-order valence-electron chi connectivity index (χ0n) is 10.4. The van der Waals surface area contributed by atoms with Gasteiger partial charge in [-0.2, -0.15) is 0 Å². The summed E-state index contributed by atoms with van der Waals surface area (Å²) in [6.07, 6.45) is 1.73. The highest BCUT2D eigenvalue weighted by molar-refractivity contribution is 5.26. The number of hydrogen-bond donors (Lipinski definition) is 1. The molecule has 1 atom stereocenters. The van der Waals surface area contributed by atoms with Crippen LogP contribution >= 0.6 is 0 Å². The first-order valence-corrected chi connectivity index (χ1v) is 6.01. The van der Waals surface area contributed by atoms with Crippen molar-refractivity contribution in [2.45, 2.75) is 12.8 Å². The van der Waals surface area contributed by atoms with E-state index in [2.05, 4.69) is 4.98 Å². The van der Waals surface area contributed by atoms with E-state index in [1.54, 1.807) is 6.20 Å². The van der Waals surface area contributed by atoms with E-state index in [0.29, 0.717) is 6.61 Å². The maximum Gasteiger partial charge on any atom is 0.119 e. The average molecular weight is 243 g/mol. The molecule has 18 heavy (non-hydrogen) atoms. The molecule has 1 N–H and O–H groups in total. The number of aliphatic hydroxyl groups is 1. The van der Waals surface area contributed by atoms with Crippen molar-refractivity contribution in [3.63, 3.8) is 0 Å². The molecule has 0 aliphatic carbocycles. The maximum atomic E-state index is 9.38. The predicted molar refractivity (Wildman–Crippen MR) is 70.7 cm³/mol. The SMILES string of the molecule is Cc1ccc(OCC(CO)c2ccccn2)cc1. The zero-order chi connectivity index (χ0) is 12.8. The molecule has 0 fully saturated rings. The number of benzene rings is 1. The van der Waals surface area contributed by atoms with Gasteiger partial charge in [0.2, 0.25) is 0 Å². The van der Waals surface area contributed by atoms with Gasteiger partial charge in [-0.15, -0.1) is 0 Å². The Balaban J connectivity index is 1.97. The Morgan fingerprint density at radius 2 is 1.94 bits per heavy atom. The molecule has 0 saturated heterocycles. The van der Waals surface area contributed by atoms with Crippen molar-refractivity contribution in [2.75, 3.05) is 13.2 Å². The van der Waals surface area contributed by atoms with Crippen LogP contribution in [-0.4, -0.2) is 23.3 Å². The highest BCUT2D eigenvalue weighted by Gasteiger charge is 2.12. The summed E-state index contributed by atoms with van der Waals surface area (Å²) in [7, 11) is 0. The molecule has 0 radical (unpaired) electrons. The van der Waals surface area contributed by atoms with E-state index in [-0.39, 0.29) is 12.5 Å². The van der Waals surface area contributed by atoms with E-state index in [0.717, 1.165) is 11.4 Å². The summed E-state index contributed by atoms with van der Waals surface area (Å²) < 4.78 is 5.67. The average Bonchev–Trinajstić information content (AvgIpc) is 2.43. The third-order valence-electron chi connectivity index (χ3n) is 2.80. The molecule has 3 nitrogen and oxygen atoms in total. The molecule has 0 aliphatic heterocycles. The van der Waals surface area contributed by atoms with Gasteiger partial charge >= 0.3 is 0 Å². The van der Waals surface area contributed by atoms with E-state index in [1.165, 1.54) is 5.56 Å². The van der Waals surface area contributed by atoms with E-state index >= 15 is 0 Å². The van der Waals surface area contributed by atoms with Crippen LogP contribution in [0.1, 0.15) is 17.2 Å². The molecule has 0 bridgehead atoms. The second-order valence-corrected chi connectivity index (χ2v) is 4.26. The topological polar surface area (TPSA) is 42.4 Å². The summed E-state index contributed by atoms with van der Waals surface area (Å²) in [5.41, 5.74) is 2.05. The number of rotatable bonds is 5. The van der Waals surface area contributed by atoms with Crippen LogP contribution in [0.4, 0.5) is 0 Å². The van der Waals surface area contributed by atoms with Gasteiger partial charge in [0, 0.05) is 11.9 Å². The van der Waals surface area contributed by atoms with Gasteiger partial charge in [-0.05, 0) is 31.2 Å². The van der Waals surface area contributed by atoms with E-state index < -0.39 is 0 Å². The third kappa shape index (κ3) is 3.31. The Bertz CT molecular complexity index is 468. The number of aromatic nitrogens is 1. The van der Waals surface area contributed by atoms with Crippen molar-refractivity contribution >= 4 is 0 Å². The minimum absolute atomic E-state index is 0.0306. The largest absolute Gasteiger partial charge is 0.493 e. The first-order chi connectivity index (χ1) is 8.79. The molecule has 0 amide bonds. The van der Waals surface area contributed by atoms with Gasteiger partial charge in [-0.1, -0.05) is 23.8 Å². The Kier molecular flexibility index (Phi) is 4.31. The minimum atomic E-state index is -0.0903. The van der Waals surface area contributed by atoms with E-state index in [4.69, 9.17) is 4.74 Å². The first-order valence-electron chi connectivity index (χ1n) is 6.01. The fraction of sp³-hybridized carbons (Fsp3) is 0.267. The second kappa shape index (κ2) is 6.17. The fourth-order valence-corrected chi connectivity index (χ4v) is 1.68. The standard InChI is InChI=1S/C15H17NO2/c1-12-5-7-14(8-6-12)18-11-13(10-17)15-4-2-3-9-16-15/h2-9,13,17H,10-11H2,1H3. The van der Waals surface area contributed by atoms with Gasteiger partial charge in [-0.25, -0.2) is 0 Å².